The first kappa shape index (κ1) is 15.8. The highest BCUT2D eigenvalue weighted by Gasteiger charge is 2.46. The van der Waals surface area contributed by atoms with Crippen molar-refractivity contribution in [2.45, 2.75) is 89.4 Å². The van der Waals surface area contributed by atoms with Gasteiger partial charge in [0.05, 0.1) is 5.54 Å². The summed E-state index contributed by atoms with van der Waals surface area (Å²) in [6.07, 6.45) is 8.22. The van der Waals surface area contributed by atoms with Crippen LogP contribution in [0, 0.1) is 0 Å². The number of nitrogens with one attached hydrogen (secondary N) is 1. The molecule has 4 heteroatoms. The number of hydrogen-bond donors (Lipinski definition) is 2. The number of nitrogens with zero attached hydrogens (tertiary/aromatic N) is 1. The predicted molar refractivity (Wildman–Crippen MR) is 82.5 cm³/mol. The van der Waals surface area contributed by atoms with Gasteiger partial charge < -0.3 is 11.1 Å². The molecule has 0 spiro atoms. The van der Waals surface area contributed by atoms with E-state index in [1.165, 1.54) is 25.7 Å². The molecular weight excluding hydrogens is 250 g/mol. The van der Waals surface area contributed by atoms with Gasteiger partial charge in [-0.05, 0) is 52.5 Å². The van der Waals surface area contributed by atoms with Gasteiger partial charge in [0.2, 0.25) is 5.91 Å². The summed E-state index contributed by atoms with van der Waals surface area (Å²) in [5.41, 5.74) is 5.24. The normalized spacial score (nSPS) is 31.6. The van der Waals surface area contributed by atoms with E-state index in [0.717, 1.165) is 31.8 Å². The maximum atomic E-state index is 12.0. The third kappa shape index (κ3) is 3.17. The van der Waals surface area contributed by atoms with E-state index in [9.17, 15) is 4.79 Å². The Morgan fingerprint density at radius 1 is 1.30 bits per heavy atom. The van der Waals surface area contributed by atoms with Crippen LogP contribution in [0.3, 0.4) is 0 Å². The van der Waals surface area contributed by atoms with Gasteiger partial charge in [-0.15, -0.1) is 0 Å². The topological polar surface area (TPSA) is 58.4 Å². The molecule has 0 aromatic heterocycles. The largest absolute Gasteiger partial charge is 0.368 e. The fourth-order valence-electron chi connectivity index (χ4n) is 4.33. The van der Waals surface area contributed by atoms with Crippen molar-refractivity contribution in [3.05, 3.63) is 0 Å². The van der Waals surface area contributed by atoms with Gasteiger partial charge in [0.25, 0.3) is 0 Å². The van der Waals surface area contributed by atoms with Gasteiger partial charge in [-0.3, -0.25) is 9.69 Å². The average Bonchev–Trinajstić information content (AvgIpc) is 3.01. The van der Waals surface area contributed by atoms with E-state index in [-0.39, 0.29) is 5.91 Å². The molecule has 2 aliphatic carbocycles. The molecule has 4 nitrogen and oxygen atoms in total. The van der Waals surface area contributed by atoms with Crippen LogP contribution in [-0.2, 0) is 4.79 Å². The molecule has 2 atom stereocenters. The zero-order valence-corrected chi connectivity index (χ0v) is 13.3. The number of rotatable bonds is 6. The third-order valence-corrected chi connectivity index (χ3v) is 5.15. The Morgan fingerprint density at radius 2 is 1.95 bits per heavy atom. The number of nitrogens with two attached hydrogens (primary N) is 1. The Balaban J connectivity index is 2.06. The van der Waals surface area contributed by atoms with Crippen LogP contribution in [0.5, 0.6) is 0 Å². The first-order valence-electron chi connectivity index (χ1n) is 8.32. The standard InChI is InChI=1S/C16H31N3O/c1-4-19(13-7-5-6-8-13)14-9-10-16(11-14,15(17)20)18-12(2)3/h12-14,18H,4-11H2,1-3H3,(H2,17,20). The Morgan fingerprint density at radius 3 is 2.45 bits per heavy atom. The molecule has 3 N–H and O–H groups in total. The highest BCUT2D eigenvalue weighted by atomic mass is 16.1. The Labute approximate surface area is 123 Å². The van der Waals surface area contributed by atoms with Crippen molar-refractivity contribution in [2.24, 2.45) is 5.73 Å². The molecule has 20 heavy (non-hydrogen) atoms. The van der Waals surface area contributed by atoms with Crippen LogP contribution in [0.25, 0.3) is 0 Å². The molecular formula is C16H31N3O. The maximum Gasteiger partial charge on any atom is 0.237 e. The lowest BCUT2D eigenvalue weighted by atomic mass is 9.94. The van der Waals surface area contributed by atoms with Crippen LogP contribution in [0.4, 0.5) is 0 Å². The highest BCUT2D eigenvalue weighted by Crippen LogP contribution is 2.36. The molecule has 116 valence electrons. The number of carbonyl (C=O) groups excluding carboxylic acids is 1. The first-order chi connectivity index (χ1) is 9.48. The molecule has 0 aliphatic heterocycles. The van der Waals surface area contributed by atoms with Crippen LogP contribution in [0.2, 0.25) is 0 Å². The second-order valence-electron chi connectivity index (χ2n) is 6.91. The van der Waals surface area contributed by atoms with Crippen molar-refractivity contribution in [3.63, 3.8) is 0 Å². The molecule has 2 rings (SSSR count). The van der Waals surface area contributed by atoms with Gasteiger partial charge >= 0.3 is 0 Å². The van der Waals surface area contributed by atoms with Crippen molar-refractivity contribution < 1.29 is 4.79 Å². The minimum Gasteiger partial charge on any atom is -0.368 e. The van der Waals surface area contributed by atoms with Gasteiger partial charge in [0, 0.05) is 18.1 Å². The van der Waals surface area contributed by atoms with Crippen LogP contribution >= 0.6 is 0 Å². The summed E-state index contributed by atoms with van der Waals surface area (Å²) >= 11 is 0. The second-order valence-corrected chi connectivity index (χ2v) is 6.91. The third-order valence-electron chi connectivity index (χ3n) is 5.15. The Bertz CT molecular complexity index is 339. The van der Waals surface area contributed by atoms with Crippen molar-refractivity contribution >= 4 is 5.91 Å². The minimum atomic E-state index is -0.481. The fourth-order valence-corrected chi connectivity index (χ4v) is 4.33. The van der Waals surface area contributed by atoms with E-state index >= 15 is 0 Å². The molecule has 0 bridgehead atoms. The summed E-state index contributed by atoms with van der Waals surface area (Å²) in [7, 11) is 0. The molecule has 0 aromatic rings. The summed E-state index contributed by atoms with van der Waals surface area (Å²) in [4.78, 5) is 14.6. The van der Waals surface area contributed by atoms with Crippen LogP contribution in [0.1, 0.15) is 65.7 Å². The van der Waals surface area contributed by atoms with E-state index < -0.39 is 5.54 Å². The average molecular weight is 281 g/mol. The van der Waals surface area contributed by atoms with Crippen molar-refractivity contribution in [3.8, 4) is 0 Å². The first-order valence-corrected chi connectivity index (χ1v) is 8.32. The van der Waals surface area contributed by atoms with Crippen molar-refractivity contribution in [1.29, 1.82) is 0 Å². The van der Waals surface area contributed by atoms with Gasteiger partial charge in [-0.1, -0.05) is 19.8 Å². The molecule has 2 fully saturated rings. The summed E-state index contributed by atoms with van der Waals surface area (Å²) in [6, 6.07) is 1.54. The molecule has 0 saturated heterocycles. The monoisotopic (exact) mass is 281 g/mol. The van der Waals surface area contributed by atoms with Gasteiger partial charge in [-0.25, -0.2) is 0 Å². The summed E-state index contributed by atoms with van der Waals surface area (Å²) in [6.45, 7) is 7.52. The molecule has 0 aromatic carbocycles. The van der Waals surface area contributed by atoms with Crippen molar-refractivity contribution in [1.82, 2.24) is 10.2 Å². The number of amides is 1. The number of primary amides is 1. The molecule has 2 saturated carbocycles. The molecule has 2 unspecified atom stereocenters. The molecule has 1 amide bonds. The minimum absolute atomic E-state index is 0.170. The summed E-state index contributed by atoms with van der Waals surface area (Å²) in [5.74, 6) is -0.170. The second kappa shape index (κ2) is 6.44. The SMILES string of the molecule is CCN(C1CCCC1)C1CCC(NC(C)C)(C(N)=O)C1. The molecule has 0 heterocycles. The van der Waals surface area contributed by atoms with E-state index in [4.69, 9.17) is 5.73 Å². The van der Waals surface area contributed by atoms with E-state index in [1.54, 1.807) is 0 Å². The van der Waals surface area contributed by atoms with Gasteiger partial charge in [0.1, 0.15) is 0 Å². The van der Waals surface area contributed by atoms with Crippen LogP contribution in [0.15, 0.2) is 0 Å². The van der Waals surface area contributed by atoms with Crippen LogP contribution in [-0.4, -0.2) is 41.0 Å². The van der Waals surface area contributed by atoms with E-state index in [1.807, 2.05) is 0 Å². The maximum absolute atomic E-state index is 12.0. The smallest absolute Gasteiger partial charge is 0.237 e. The van der Waals surface area contributed by atoms with E-state index in [0.29, 0.717) is 12.1 Å². The fraction of sp³-hybridized carbons (Fsp3) is 0.938. The quantitative estimate of drug-likeness (QED) is 0.783. The van der Waals surface area contributed by atoms with Gasteiger partial charge in [-0.2, -0.15) is 0 Å². The zero-order chi connectivity index (χ0) is 14.8. The molecule has 2 aliphatic rings. The van der Waals surface area contributed by atoms with Crippen LogP contribution < -0.4 is 11.1 Å². The molecule has 0 radical (unpaired) electrons. The summed E-state index contributed by atoms with van der Waals surface area (Å²) in [5, 5.41) is 3.45. The zero-order valence-electron chi connectivity index (χ0n) is 13.3. The van der Waals surface area contributed by atoms with Crippen molar-refractivity contribution in [2.75, 3.05) is 6.54 Å². The predicted octanol–water partition coefficient (Wildman–Crippen LogP) is 2.03. The lowest BCUT2D eigenvalue weighted by molar-refractivity contribution is -0.124. The van der Waals surface area contributed by atoms with Gasteiger partial charge in [0.15, 0.2) is 0 Å². The Hall–Kier alpha value is -0.610. The highest BCUT2D eigenvalue weighted by molar-refractivity contribution is 5.85. The summed E-state index contributed by atoms with van der Waals surface area (Å²) < 4.78 is 0. The Kier molecular flexibility index (Phi) is 5.08. The lowest BCUT2D eigenvalue weighted by Crippen LogP contribution is -2.57. The lowest BCUT2D eigenvalue weighted by Gasteiger charge is -2.35. The van der Waals surface area contributed by atoms with E-state index in [2.05, 4.69) is 31.0 Å². The number of carbonyl (C=O) groups is 1. The number of hydrogen-bond acceptors (Lipinski definition) is 3.